The molecular weight excluding hydrogens is 1050 g/mol. The zero-order valence-electron chi connectivity index (χ0n) is 45.1. The molecule has 0 aromatic heterocycles. The zero-order valence-corrected chi connectivity index (χ0v) is 45.1. The van der Waals surface area contributed by atoms with E-state index in [1.165, 1.54) is 55.5 Å². The molecule has 29 nitrogen and oxygen atoms in total. The molecule has 8 amide bonds. The number of carboxylic acids is 3. The fourth-order valence-electron chi connectivity index (χ4n) is 7.71. The van der Waals surface area contributed by atoms with Crippen molar-refractivity contribution >= 4 is 71.1 Å². The lowest BCUT2D eigenvalue weighted by Crippen LogP contribution is -2.61. The number of phenols is 2. The number of guanidine groups is 1. The summed E-state index contributed by atoms with van der Waals surface area (Å²) in [7, 11) is 0. The Morgan fingerprint density at radius 2 is 0.988 bits per heavy atom. The highest BCUT2D eigenvalue weighted by Gasteiger charge is 2.36. The summed E-state index contributed by atoms with van der Waals surface area (Å²) in [6.45, 7) is 7.33. The second kappa shape index (κ2) is 33.6. The van der Waals surface area contributed by atoms with Gasteiger partial charge in [0.2, 0.25) is 47.3 Å². The first-order valence-electron chi connectivity index (χ1n) is 25.6. The van der Waals surface area contributed by atoms with Crippen molar-refractivity contribution in [2.45, 2.75) is 147 Å². The van der Waals surface area contributed by atoms with Crippen LogP contribution in [-0.4, -0.2) is 169 Å². The summed E-state index contributed by atoms with van der Waals surface area (Å²) in [6, 6.07) is -1.78. The van der Waals surface area contributed by atoms with Crippen molar-refractivity contribution < 1.29 is 83.4 Å². The average molecular weight is 1130 g/mol. The molecule has 0 aliphatic heterocycles. The molecule has 0 spiro atoms. The number of rotatable bonds is 35. The van der Waals surface area contributed by atoms with Crippen LogP contribution in [0, 0.1) is 11.8 Å². The van der Waals surface area contributed by atoms with Crippen LogP contribution in [0.5, 0.6) is 11.5 Å². The Hall–Kier alpha value is -8.60. The van der Waals surface area contributed by atoms with Gasteiger partial charge in [-0.15, -0.1) is 0 Å². The smallest absolute Gasteiger partial charge is 0.326 e. The van der Waals surface area contributed by atoms with E-state index in [1.807, 2.05) is 13.8 Å². The van der Waals surface area contributed by atoms with E-state index in [4.69, 9.17) is 17.2 Å². The lowest BCUT2D eigenvalue weighted by Gasteiger charge is -2.28. The summed E-state index contributed by atoms with van der Waals surface area (Å²) in [5.74, 6) is -13.7. The number of carbonyl (C=O) groups is 11. The Balaban J connectivity index is 2.41. The number of nitrogens with two attached hydrogens (primary N) is 3. The van der Waals surface area contributed by atoms with Crippen LogP contribution in [-0.2, 0) is 65.6 Å². The van der Waals surface area contributed by atoms with Gasteiger partial charge in [-0.1, -0.05) is 52.0 Å². The minimum absolute atomic E-state index is 0.00227. The number of benzene rings is 2. The van der Waals surface area contributed by atoms with Gasteiger partial charge in [-0.25, -0.2) is 4.79 Å². The lowest BCUT2D eigenvalue weighted by molar-refractivity contribution is -0.142. The highest BCUT2D eigenvalue weighted by Crippen LogP contribution is 2.15. The number of hydrogen-bond acceptors (Lipinski definition) is 16. The summed E-state index contributed by atoms with van der Waals surface area (Å²) in [4.78, 5) is 149. The largest absolute Gasteiger partial charge is 0.508 e. The Bertz CT molecular complexity index is 2490. The van der Waals surface area contributed by atoms with Crippen LogP contribution < -0.4 is 59.7 Å². The number of nitrogens with one attached hydrogen (secondary N) is 8. The van der Waals surface area contributed by atoms with Crippen LogP contribution in [0.1, 0.15) is 90.7 Å². The number of aliphatic hydroxyl groups is 1. The van der Waals surface area contributed by atoms with E-state index in [9.17, 15) is 83.4 Å². The van der Waals surface area contributed by atoms with Crippen LogP contribution >= 0.6 is 0 Å². The van der Waals surface area contributed by atoms with E-state index in [0.717, 1.165) is 0 Å². The zero-order chi connectivity index (χ0) is 60.4. The van der Waals surface area contributed by atoms with E-state index < -0.39 is 145 Å². The number of aliphatic hydroxyl groups excluding tert-OH is 1. The lowest BCUT2D eigenvalue weighted by atomic mass is 10.0. The second-order valence-electron chi connectivity index (χ2n) is 19.8. The molecule has 0 unspecified atom stereocenters. The normalized spacial score (nSPS) is 14.4. The summed E-state index contributed by atoms with van der Waals surface area (Å²) in [6.07, 6.45) is -4.52. The van der Waals surface area contributed by atoms with Gasteiger partial charge in [0.25, 0.3) is 0 Å². The number of amides is 8. The van der Waals surface area contributed by atoms with Crippen LogP contribution in [0.3, 0.4) is 0 Å². The van der Waals surface area contributed by atoms with Gasteiger partial charge in [0.15, 0.2) is 5.96 Å². The maximum atomic E-state index is 14.0. The van der Waals surface area contributed by atoms with Crippen molar-refractivity contribution in [3.63, 3.8) is 0 Å². The topological polar surface area (TPSA) is 496 Å². The molecule has 0 saturated heterocycles. The van der Waals surface area contributed by atoms with Gasteiger partial charge < -0.3 is 90.4 Å². The van der Waals surface area contributed by atoms with E-state index in [0.29, 0.717) is 11.1 Å². The summed E-state index contributed by atoms with van der Waals surface area (Å²) < 4.78 is 0. The standard InChI is InChI=1S/C51H76N12O17/c1-25(2)19-32(52)43(72)63-42(27(5)64)49(78)61-35(20-26(3)4)47(76)58-34(16-17-40(68)69)46(75)60-37(23-41(70)71)48(77)59-36(21-28-8-12-30(65)13-9-28)44(73)56-24-39(67)57-33(7-6-18-55-51(53)54)45(74)62-38(50(79)80)22-29-10-14-31(66)15-11-29/h8-15,25-27,32-38,42,64-66H,6-7,16-24,52H2,1-5H3,(H,56,73)(H,57,67)(H,58,76)(H,59,77)(H,60,75)(H,61,78)(H,62,74)(H,63,72)(H,68,69)(H,70,71)(H,79,80)(H4,53,54,55)/t27-,32+,33+,34+,35+,36+,37+,38+,42+/m1/s1. The number of aliphatic carboxylic acids is 3. The predicted molar refractivity (Wildman–Crippen MR) is 285 cm³/mol. The van der Waals surface area contributed by atoms with E-state index in [-0.39, 0.29) is 74.4 Å². The molecule has 80 heavy (non-hydrogen) atoms. The molecule has 0 radical (unpaired) electrons. The first-order valence-corrected chi connectivity index (χ1v) is 25.6. The average Bonchev–Trinajstić information content (AvgIpc) is 3.36. The highest BCUT2D eigenvalue weighted by molar-refractivity contribution is 5.98. The number of hydrogen-bond donors (Lipinski definition) is 17. The van der Waals surface area contributed by atoms with Crippen LogP contribution in [0.25, 0.3) is 0 Å². The van der Waals surface area contributed by atoms with Crippen molar-refractivity contribution in [2.24, 2.45) is 34.0 Å². The molecule has 20 N–H and O–H groups in total. The molecular formula is C51H76N12O17. The van der Waals surface area contributed by atoms with Crippen LogP contribution in [0.4, 0.5) is 0 Å². The maximum absolute atomic E-state index is 14.0. The molecule has 0 fully saturated rings. The minimum atomic E-state index is -2.03. The number of aromatic hydroxyl groups is 2. The van der Waals surface area contributed by atoms with Gasteiger partial charge in [-0.05, 0) is 86.3 Å². The van der Waals surface area contributed by atoms with E-state index in [1.54, 1.807) is 13.8 Å². The predicted octanol–water partition coefficient (Wildman–Crippen LogP) is -3.33. The molecule has 0 aliphatic carbocycles. The van der Waals surface area contributed by atoms with Crippen molar-refractivity contribution in [3.05, 3.63) is 59.7 Å². The second-order valence-corrected chi connectivity index (χ2v) is 19.8. The molecule has 9 atom stereocenters. The number of carbonyl (C=O) groups excluding carboxylic acids is 8. The Morgan fingerprint density at radius 1 is 0.525 bits per heavy atom. The molecule has 0 saturated carbocycles. The number of phenolic OH excluding ortho intramolecular Hbond substituents is 2. The number of carboxylic acid groups (broad SMARTS) is 3. The quantitative estimate of drug-likeness (QED) is 0.0182. The molecule has 2 aromatic rings. The maximum Gasteiger partial charge on any atom is 0.326 e. The first kappa shape index (κ1) is 67.5. The van der Waals surface area contributed by atoms with Gasteiger partial charge in [0.05, 0.1) is 25.1 Å². The molecule has 0 heterocycles. The third-order valence-electron chi connectivity index (χ3n) is 11.8. The van der Waals surface area contributed by atoms with E-state index >= 15 is 0 Å². The molecule has 0 bridgehead atoms. The van der Waals surface area contributed by atoms with E-state index in [2.05, 4.69) is 47.5 Å². The fraction of sp³-hybridized carbons (Fsp3) is 0.529. The van der Waals surface area contributed by atoms with Gasteiger partial charge in [0.1, 0.15) is 53.8 Å². The van der Waals surface area contributed by atoms with Crippen LogP contribution in [0.2, 0.25) is 0 Å². The summed E-state index contributed by atoms with van der Waals surface area (Å²) in [5, 5.41) is 78.0. The van der Waals surface area contributed by atoms with Crippen molar-refractivity contribution in [3.8, 4) is 11.5 Å². The highest BCUT2D eigenvalue weighted by atomic mass is 16.4. The summed E-state index contributed by atoms with van der Waals surface area (Å²) in [5.41, 5.74) is 17.5. The van der Waals surface area contributed by atoms with Crippen molar-refractivity contribution in [2.75, 3.05) is 13.1 Å². The molecule has 0 aliphatic rings. The number of aliphatic imine (C=N–C) groups is 1. The minimum Gasteiger partial charge on any atom is -0.508 e. The Morgan fingerprint density at radius 3 is 1.48 bits per heavy atom. The Kier molecular flexibility index (Phi) is 28.4. The SMILES string of the molecule is CC(C)C[C@H](NC(=O)[C@@H](NC(=O)[C@@H](N)CC(C)C)[C@@H](C)O)C(=O)N[C@@H](CCC(=O)O)C(=O)N[C@@H](CC(=O)O)C(=O)N[C@@H](Cc1ccc(O)cc1)C(=O)NCC(=O)N[C@@H](CCCN=C(N)N)C(=O)N[C@@H](Cc1ccc(O)cc1)C(=O)O. The van der Waals surface area contributed by atoms with Crippen molar-refractivity contribution in [1.82, 2.24) is 42.5 Å². The molecule has 29 heteroatoms. The van der Waals surface area contributed by atoms with Gasteiger partial charge in [0, 0.05) is 25.8 Å². The third-order valence-corrected chi connectivity index (χ3v) is 11.8. The van der Waals surface area contributed by atoms with Gasteiger partial charge in [-0.2, -0.15) is 0 Å². The first-order chi connectivity index (χ1) is 37.4. The van der Waals surface area contributed by atoms with Gasteiger partial charge in [-0.3, -0.25) is 52.9 Å². The fourth-order valence-corrected chi connectivity index (χ4v) is 7.71. The monoisotopic (exact) mass is 1130 g/mol. The molecule has 2 aromatic carbocycles. The summed E-state index contributed by atoms with van der Waals surface area (Å²) >= 11 is 0. The molecule has 2 rings (SSSR count). The van der Waals surface area contributed by atoms with Gasteiger partial charge >= 0.3 is 17.9 Å². The molecule has 442 valence electrons. The number of nitrogens with zero attached hydrogens (tertiary/aromatic N) is 1. The van der Waals surface area contributed by atoms with Crippen molar-refractivity contribution in [1.29, 1.82) is 0 Å². The third kappa shape index (κ3) is 25.7. The Labute approximate surface area is 461 Å². The van der Waals surface area contributed by atoms with Crippen LogP contribution in [0.15, 0.2) is 53.5 Å².